The first-order chi connectivity index (χ1) is 9.37. The largest absolute Gasteiger partial charge is 0.411 e. The fourth-order valence-corrected chi connectivity index (χ4v) is 2.01. The molecule has 0 amide bonds. The summed E-state index contributed by atoms with van der Waals surface area (Å²) >= 11 is 6.00. The van der Waals surface area contributed by atoms with Crippen molar-refractivity contribution in [3.05, 3.63) is 35.9 Å². The van der Waals surface area contributed by atoms with Crippen molar-refractivity contribution in [1.82, 2.24) is 5.32 Å². The molecule has 0 aromatic heterocycles. The topological polar surface area (TPSA) is 21.3 Å². The summed E-state index contributed by atoms with van der Waals surface area (Å²) in [6, 6.07) is 9.71. The predicted molar refractivity (Wildman–Crippen MR) is 74.0 cm³/mol. The summed E-state index contributed by atoms with van der Waals surface area (Å²) in [4.78, 5) is 0. The molecule has 0 fully saturated rings. The van der Waals surface area contributed by atoms with Gasteiger partial charge in [-0.15, -0.1) is 11.6 Å². The van der Waals surface area contributed by atoms with E-state index in [0.29, 0.717) is 18.8 Å². The van der Waals surface area contributed by atoms with E-state index in [1.165, 1.54) is 0 Å². The van der Waals surface area contributed by atoms with Gasteiger partial charge in [0.05, 0.1) is 5.54 Å². The van der Waals surface area contributed by atoms with Crippen molar-refractivity contribution in [1.29, 1.82) is 0 Å². The van der Waals surface area contributed by atoms with Crippen molar-refractivity contribution in [2.75, 3.05) is 25.6 Å². The summed E-state index contributed by atoms with van der Waals surface area (Å²) in [6.07, 6.45) is -3.77. The van der Waals surface area contributed by atoms with Crippen LogP contribution in [0.15, 0.2) is 30.3 Å². The predicted octanol–water partition coefficient (Wildman–Crippen LogP) is 3.70. The minimum Gasteiger partial charge on any atom is -0.372 e. The number of nitrogens with one attached hydrogen (secondary N) is 1. The highest BCUT2D eigenvalue weighted by Gasteiger charge is 2.27. The molecule has 0 heterocycles. The molecule has 1 N–H and O–H groups in total. The van der Waals surface area contributed by atoms with E-state index in [9.17, 15) is 13.2 Å². The van der Waals surface area contributed by atoms with Crippen LogP contribution in [-0.2, 0) is 10.3 Å². The Morgan fingerprint density at radius 2 is 1.85 bits per heavy atom. The fraction of sp³-hybridized carbons (Fsp3) is 0.571. The van der Waals surface area contributed by atoms with E-state index in [-0.39, 0.29) is 6.61 Å². The van der Waals surface area contributed by atoms with Crippen LogP contribution in [0.1, 0.15) is 18.9 Å². The second kappa shape index (κ2) is 7.86. The van der Waals surface area contributed by atoms with E-state index >= 15 is 0 Å². The fourth-order valence-electron chi connectivity index (χ4n) is 1.76. The zero-order valence-electron chi connectivity index (χ0n) is 11.3. The molecular weight excluding hydrogens is 291 g/mol. The molecule has 0 saturated carbocycles. The summed E-state index contributed by atoms with van der Waals surface area (Å²) < 4.78 is 40.2. The van der Waals surface area contributed by atoms with E-state index in [1.807, 2.05) is 37.3 Å². The van der Waals surface area contributed by atoms with E-state index in [0.717, 1.165) is 5.56 Å². The smallest absolute Gasteiger partial charge is 0.372 e. The third kappa shape index (κ3) is 6.11. The Kier molecular flexibility index (Phi) is 6.79. The van der Waals surface area contributed by atoms with Gasteiger partial charge in [0.2, 0.25) is 0 Å². The minimum absolute atomic E-state index is 0.0691. The van der Waals surface area contributed by atoms with Crippen LogP contribution in [0.4, 0.5) is 13.2 Å². The van der Waals surface area contributed by atoms with Crippen molar-refractivity contribution in [3.8, 4) is 0 Å². The minimum atomic E-state index is -4.26. The van der Waals surface area contributed by atoms with E-state index in [4.69, 9.17) is 11.6 Å². The number of ether oxygens (including phenoxy) is 1. The second-order valence-electron chi connectivity index (χ2n) is 4.78. The first-order valence-corrected chi connectivity index (χ1v) is 6.92. The summed E-state index contributed by atoms with van der Waals surface area (Å²) in [6.45, 7) is 1.38. The molecular formula is C14H19ClF3NO. The summed E-state index contributed by atoms with van der Waals surface area (Å²) in [5, 5.41) is 3.27. The van der Waals surface area contributed by atoms with Crippen molar-refractivity contribution >= 4 is 11.6 Å². The molecule has 0 radical (unpaired) electrons. The molecule has 2 nitrogen and oxygen atoms in total. The van der Waals surface area contributed by atoms with Gasteiger partial charge in [0.1, 0.15) is 6.61 Å². The normalized spacial score (nSPS) is 15.1. The lowest BCUT2D eigenvalue weighted by Crippen LogP contribution is -2.42. The van der Waals surface area contributed by atoms with Gasteiger partial charge in [-0.1, -0.05) is 30.3 Å². The summed E-state index contributed by atoms with van der Waals surface area (Å²) in [7, 11) is 0. The van der Waals surface area contributed by atoms with Crippen LogP contribution in [0.25, 0.3) is 0 Å². The first kappa shape index (κ1) is 17.3. The molecule has 0 aliphatic rings. The standard InChI is InChI=1S/C14H19ClF3NO/c1-13(10-15,12-6-3-2-4-7-12)19-8-5-9-20-11-14(16,17)18/h2-4,6-7,19H,5,8-11H2,1H3. The van der Waals surface area contributed by atoms with E-state index in [2.05, 4.69) is 10.1 Å². The average Bonchev–Trinajstić information content (AvgIpc) is 2.42. The van der Waals surface area contributed by atoms with Gasteiger partial charge < -0.3 is 10.1 Å². The van der Waals surface area contributed by atoms with E-state index in [1.54, 1.807) is 0 Å². The van der Waals surface area contributed by atoms with Crippen LogP contribution in [0.5, 0.6) is 0 Å². The molecule has 0 aliphatic heterocycles. The van der Waals surface area contributed by atoms with Crippen LogP contribution in [-0.4, -0.2) is 31.8 Å². The highest BCUT2D eigenvalue weighted by molar-refractivity contribution is 6.18. The van der Waals surface area contributed by atoms with Gasteiger partial charge in [-0.2, -0.15) is 13.2 Å². The van der Waals surface area contributed by atoms with Crippen LogP contribution in [0, 0.1) is 0 Å². The summed E-state index contributed by atoms with van der Waals surface area (Å²) in [5.74, 6) is 0.375. The zero-order chi connectivity index (χ0) is 15.1. The van der Waals surface area contributed by atoms with Gasteiger partial charge in [0.25, 0.3) is 0 Å². The Balaban J connectivity index is 2.32. The lowest BCUT2D eigenvalue weighted by Gasteiger charge is -2.29. The van der Waals surface area contributed by atoms with Crippen LogP contribution in [0.3, 0.4) is 0 Å². The third-order valence-electron chi connectivity index (χ3n) is 2.92. The van der Waals surface area contributed by atoms with Crippen molar-refractivity contribution < 1.29 is 17.9 Å². The van der Waals surface area contributed by atoms with Crippen LogP contribution in [0.2, 0.25) is 0 Å². The number of halogens is 4. The Hall–Kier alpha value is -0.780. The van der Waals surface area contributed by atoms with Gasteiger partial charge in [0.15, 0.2) is 0 Å². The van der Waals surface area contributed by atoms with Gasteiger partial charge in [0, 0.05) is 12.5 Å². The van der Waals surface area contributed by atoms with Gasteiger partial charge in [-0.05, 0) is 25.5 Å². The van der Waals surface area contributed by atoms with E-state index < -0.39 is 18.3 Å². The average molecular weight is 310 g/mol. The molecule has 0 aliphatic carbocycles. The van der Waals surface area contributed by atoms with Crippen molar-refractivity contribution in [2.24, 2.45) is 0 Å². The Morgan fingerprint density at radius 1 is 1.20 bits per heavy atom. The monoisotopic (exact) mass is 309 g/mol. The molecule has 1 unspecified atom stereocenters. The maximum atomic E-state index is 11.9. The first-order valence-electron chi connectivity index (χ1n) is 6.38. The highest BCUT2D eigenvalue weighted by Crippen LogP contribution is 2.22. The molecule has 1 atom stereocenters. The third-order valence-corrected chi connectivity index (χ3v) is 3.46. The van der Waals surface area contributed by atoms with Gasteiger partial charge in [-0.25, -0.2) is 0 Å². The lowest BCUT2D eigenvalue weighted by molar-refractivity contribution is -0.174. The van der Waals surface area contributed by atoms with Crippen molar-refractivity contribution in [3.63, 3.8) is 0 Å². The maximum absolute atomic E-state index is 11.9. The zero-order valence-corrected chi connectivity index (χ0v) is 12.1. The molecule has 0 saturated heterocycles. The molecule has 20 heavy (non-hydrogen) atoms. The molecule has 1 aromatic rings. The molecule has 0 spiro atoms. The second-order valence-corrected chi connectivity index (χ2v) is 5.05. The Labute approximate surface area is 122 Å². The molecule has 0 bridgehead atoms. The Bertz CT molecular complexity index is 386. The Morgan fingerprint density at radius 3 is 2.40 bits per heavy atom. The number of hydrogen-bond acceptors (Lipinski definition) is 2. The van der Waals surface area contributed by atoms with Crippen molar-refractivity contribution in [2.45, 2.75) is 25.1 Å². The highest BCUT2D eigenvalue weighted by atomic mass is 35.5. The maximum Gasteiger partial charge on any atom is 0.411 e. The SMILES string of the molecule is CC(CCl)(NCCCOCC(F)(F)F)c1ccccc1. The molecule has 1 rings (SSSR count). The molecule has 114 valence electrons. The number of rotatable bonds is 8. The van der Waals surface area contributed by atoms with Crippen LogP contribution < -0.4 is 5.32 Å². The van der Waals surface area contributed by atoms with Gasteiger partial charge >= 0.3 is 6.18 Å². The number of benzene rings is 1. The number of alkyl halides is 4. The van der Waals surface area contributed by atoms with Gasteiger partial charge in [-0.3, -0.25) is 0 Å². The lowest BCUT2D eigenvalue weighted by atomic mass is 9.94. The number of hydrogen-bond donors (Lipinski definition) is 1. The van der Waals surface area contributed by atoms with Crippen LogP contribution >= 0.6 is 11.6 Å². The molecule has 1 aromatic carbocycles. The molecule has 6 heteroatoms. The summed E-state index contributed by atoms with van der Waals surface area (Å²) in [5.41, 5.74) is 0.651. The quantitative estimate of drug-likeness (QED) is 0.584.